The maximum atomic E-state index is 13.2. The van der Waals surface area contributed by atoms with Crippen LogP contribution in [0.3, 0.4) is 0 Å². The zero-order valence-electron chi connectivity index (χ0n) is 15.9. The van der Waals surface area contributed by atoms with Gasteiger partial charge in [0.15, 0.2) is 0 Å². The first-order valence-electron chi connectivity index (χ1n) is 8.99. The first-order valence-corrected chi connectivity index (χ1v) is 11.6. The van der Waals surface area contributed by atoms with Gasteiger partial charge in [0, 0.05) is 54.7 Å². The van der Waals surface area contributed by atoms with Crippen LogP contribution in [0.15, 0.2) is 45.8 Å². The molecule has 1 N–H and O–H groups in total. The number of nitrogens with zero attached hydrogens (tertiary/aromatic N) is 2. The first kappa shape index (κ1) is 20.4. The van der Waals surface area contributed by atoms with Crippen molar-refractivity contribution in [1.82, 2.24) is 14.2 Å². The van der Waals surface area contributed by atoms with Crippen molar-refractivity contribution in [2.45, 2.75) is 17.9 Å². The summed E-state index contributed by atoms with van der Waals surface area (Å²) in [6, 6.07) is 10.2. The van der Waals surface area contributed by atoms with Crippen LogP contribution in [0.1, 0.15) is 21.6 Å². The van der Waals surface area contributed by atoms with Crippen molar-refractivity contribution in [1.29, 1.82) is 0 Å². The Labute approximate surface area is 182 Å². The number of para-hydroxylation sites is 1. The van der Waals surface area contributed by atoms with E-state index >= 15 is 0 Å². The number of amides is 1. The summed E-state index contributed by atoms with van der Waals surface area (Å²) in [6.45, 7) is 0.961. The topological polar surface area (TPSA) is 73.5 Å². The molecule has 0 atom stereocenters. The molecule has 1 aliphatic rings. The lowest BCUT2D eigenvalue weighted by Crippen LogP contribution is -2.36. The molecule has 4 rings (SSSR count). The minimum Gasteiger partial charge on any atom is -0.357 e. The normalized spacial score (nSPS) is 14.4. The molecule has 0 aliphatic carbocycles. The number of carbonyl (C=O) groups is 1. The molecule has 3 aromatic rings. The molecule has 152 valence electrons. The fourth-order valence-electron chi connectivity index (χ4n) is 3.59. The van der Waals surface area contributed by atoms with Crippen molar-refractivity contribution < 1.29 is 13.2 Å². The van der Waals surface area contributed by atoms with E-state index in [0.717, 1.165) is 30.9 Å². The number of hydrogen-bond acceptors (Lipinski definition) is 3. The van der Waals surface area contributed by atoms with E-state index in [1.807, 2.05) is 18.2 Å². The van der Waals surface area contributed by atoms with Crippen LogP contribution in [0, 0.1) is 0 Å². The minimum atomic E-state index is -3.66. The summed E-state index contributed by atoms with van der Waals surface area (Å²) in [5.41, 5.74) is 3.41. The Balaban J connectivity index is 1.70. The largest absolute Gasteiger partial charge is 0.357 e. The van der Waals surface area contributed by atoms with Crippen molar-refractivity contribution in [2.24, 2.45) is 0 Å². The summed E-state index contributed by atoms with van der Waals surface area (Å²) in [6.07, 6.45) is 0.690. The van der Waals surface area contributed by atoms with E-state index in [-0.39, 0.29) is 21.4 Å². The van der Waals surface area contributed by atoms with Gasteiger partial charge in [-0.05, 0) is 40.2 Å². The smallest absolute Gasteiger partial charge is 0.255 e. The number of aromatic nitrogens is 1. The molecule has 1 aromatic heterocycles. The molecule has 0 unspecified atom stereocenters. The molecule has 0 fully saturated rings. The van der Waals surface area contributed by atoms with Crippen molar-refractivity contribution in [3.05, 3.63) is 62.7 Å². The zero-order valence-corrected chi connectivity index (χ0v) is 19.0. The van der Waals surface area contributed by atoms with E-state index in [4.69, 9.17) is 11.6 Å². The predicted molar refractivity (Wildman–Crippen MR) is 117 cm³/mol. The first-order chi connectivity index (χ1) is 13.7. The van der Waals surface area contributed by atoms with Gasteiger partial charge in [0.1, 0.15) is 0 Å². The van der Waals surface area contributed by atoms with Crippen LogP contribution in [0.4, 0.5) is 0 Å². The number of rotatable bonds is 3. The molecule has 0 spiro atoms. The molecule has 29 heavy (non-hydrogen) atoms. The molecule has 9 heteroatoms. The third kappa shape index (κ3) is 3.48. The molecular weight excluding hydrogens is 478 g/mol. The van der Waals surface area contributed by atoms with E-state index in [0.29, 0.717) is 19.5 Å². The van der Waals surface area contributed by atoms with Gasteiger partial charge in [-0.15, -0.1) is 0 Å². The molecule has 0 saturated carbocycles. The van der Waals surface area contributed by atoms with Crippen LogP contribution in [-0.4, -0.2) is 49.2 Å². The third-order valence-electron chi connectivity index (χ3n) is 5.19. The van der Waals surface area contributed by atoms with E-state index in [9.17, 15) is 13.2 Å². The van der Waals surface area contributed by atoms with Crippen LogP contribution in [-0.2, 0) is 23.0 Å². The SMILES string of the molecule is CN(C)S(=O)(=O)c1ccc(Cl)c(C(=O)N2CCc3[nH]c4c(Br)cccc4c3C2)c1. The zero-order chi connectivity index (χ0) is 20.9. The molecule has 1 amide bonds. The third-order valence-corrected chi connectivity index (χ3v) is 8.00. The lowest BCUT2D eigenvalue weighted by atomic mass is 10.0. The Kier molecular flexibility index (Phi) is 5.23. The molecule has 0 radical (unpaired) electrons. The number of benzene rings is 2. The number of hydrogen-bond donors (Lipinski definition) is 1. The van der Waals surface area contributed by atoms with Gasteiger partial charge in [-0.25, -0.2) is 12.7 Å². The van der Waals surface area contributed by atoms with E-state index < -0.39 is 10.0 Å². The highest BCUT2D eigenvalue weighted by atomic mass is 79.9. The maximum absolute atomic E-state index is 13.2. The highest BCUT2D eigenvalue weighted by Gasteiger charge is 2.28. The second-order valence-corrected chi connectivity index (χ2v) is 10.6. The van der Waals surface area contributed by atoms with Crippen molar-refractivity contribution in [3.63, 3.8) is 0 Å². The minimum absolute atomic E-state index is 0.0453. The highest BCUT2D eigenvalue weighted by Crippen LogP contribution is 2.33. The second kappa shape index (κ2) is 7.43. The summed E-state index contributed by atoms with van der Waals surface area (Å²) in [4.78, 5) is 18.4. The average Bonchev–Trinajstić information content (AvgIpc) is 3.07. The summed E-state index contributed by atoms with van der Waals surface area (Å²) in [7, 11) is -0.758. The number of H-pyrrole nitrogens is 1. The lowest BCUT2D eigenvalue weighted by Gasteiger charge is -2.28. The Hall–Kier alpha value is -1.87. The maximum Gasteiger partial charge on any atom is 0.255 e. The Morgan fingerprint density at radius 3 is 2.72 bits per heavy atom. The van der Waals surface area contributed by atoms with Crippen LogP contribution in [0.5, 0.6) is 0 Å². The average molecular weight is 497 g/mol. The van der Waals surface area contributed by atoms with Crippen LogP contribution in [0.2, 0.25) is 5.02 Å². The van der Waals surface area contributed by atoms with Crippen molar-refractivity contribution >= 4 is 54.4 Å². The van der Waals surface area contributed by atoms with Crippen LogP contribution >= 0.6 is 27.5 Å². The monoisotopic (exact) mass is 495 g/mol. The molecule has 2 heterocycles. The van der Waals surface area contributed by atoms with Crippen LogP contribution < -0.4 is 0 Å². The Morgan fingerprint density at radius 1 is 1.24 bits per heavy atom. The number of aromatic amines is 1. The van der Waals surface area contributed by atoms with E-state index in [1.165, 1.54) is 32.3 Å². The molecule has 1 aliphatic heterocycles. The number of fused-ring (bicyclic) bond motifs is 3. The van der Waals surface area contributed by atoms with Gasteiger partial charge in [0.05, 0.1) is 21.0 Å². The fourth-order valence-corrected chi connectivity index (χ4v) is 5.18. The van der Waals surface area contributed by atoms with Gasteiger partial charge in [-0.3, -0.25) is 4.79 Å². The molecule has 0 bridgehead atoms. The standard InChI is InChI=1S/C20H19BrClN3O3S/c1-24(2)29(27,28)12-6-7-17(22)14(10-12)20(26)25-9-8-18-15(11-25)13-4-3-5-16(21)19(13)23-18/h3-7,10,23H,8-9,11H2,1-2H3. The van der Waals surface area contributed by atoms with Gasteiger partial charge in [0.2, 0.25) is 10.0 Å². The number of sulfonamides is 1. The number of halogens is 2. The predicted octanol–water partition coefficient (Wildman–Crippen LogP) is 4.03. The molecule has 6 nitrogen and oxygen atoms in total. The van der Waals surface area contributed by atoms with E-state index in [2.05, 4.69) is 20.9 Å². The molecule has 2 aromatic carbocycles. The lowest BCUT2D eigenvalue weighted by molar-refractivity contribution is 0.0735. The Bertz CT molecular complexity index is 1240. The van der Waals surface area contributed by atoms with E-state index in [1.54, 1.807) is 4.90 Å². The summed E-state index contributed by atoms with van der Waals surface area (Å²) >= 11 is 9.83. The fraction of sp³-hybridized carbons (Fsp3) is 0.250. The van der Waals surface area contributed by atoms with Crippen LogP contribution in [0.25, 0.3) is 10.9 Å². The molecule has 0 saturated heterocycles. The van der Waals surface area contributed by atoms with Gasteiger partial charge >= 0.3 is 0 Å². The molecular formula is C20H19BrClN3O3S. The van der Waals surface area contributed by atoms with Crippen molar-refractivity contribution in [3.8, 4) is 0 Å². The number of carbonyl (C=O) groups excluding carboxylic acids is 1. The van der Waals surface area contributed by atoms with Gasteiger partial charge < -0.3 is 9.88 Å². The number of nitrogens with one attached hydrogen (secondary N) is 1. The highest BCUT2D eigenvalue weighted by molar-refractivity contribution is 9.10. The van der Waals surface area contributed by atoms with Crippen molar-refractivity contribution in [2.75, 3.05) is 20.6 Å². The van der Waals surface area contributed by atoms with Gasteiger partial charge in [0.25, 0.3) is 5.91 Å². The summed E-state index contributed by atoms with van der Waals surface area (Å²) in [5.74, 6) is -0.277. The quantitative estimate of drug-likeness (QED) is 0.595. The summed E-state index contributed by atoms with van der Waals surface area (Å²) < 4.78 is 27.0. The Morgan fingerprint density at radius 2 is 2.00 bits per heavy atom. The van der Waals surface area contributed by atoms with Gasteiger partial charge in [-0.2, -0.15) is 0 Å². The second-order valence-electron chi connectivity index (χ2n) is 7.15. The summed E-state index contributed by atoms with van der Waals surface area (Å²) in [5, 5.41) is 1.31. The van der Waals surface area contributed by atoms with Gasteiger partial charge in [-0.1, -0.05) is 23.7 Å².